The van der Waals surface area contributed by atoms with E-state index in [4.69, 9.17) is 9.47 Å². The predicted molar refractivity (Wildman–Crippen MR) is 91.0 cm³/mol. The smallest absolute Gasteiger partial charge is 0.412 e. The van der Waals surface area contributed by atoms with E-state index < -0.39 is 11.9 Å². The molecule has 3 aromatic rings. The number of hydrogen-bond donors (Lipinski definition) is 1. The third-order valence-corrected chi connectivity index (χ3v) is 3.28. The number of amides is 1. The Morgan fingerprint density at radius 2 is 1.76 bits per heavy atom. The Morgan fingerprint density at radius 3 is 2.48 bits per heavy atom. The number of benzene rings is 2. The first-order valence-electron chi connectivity index (χ1n) is 7.56. The van der Waals surface area contributed by atoms with Gasteiger partial charge in [-0.3, -0.25) is 10.3 Å². The van der Waals surface area contributed by atoms with Crippen molar-refractivity contribution in [2.45, 2.75) is 6.61 Å². The van der Waals surface area contributed by atoms with Gasteiger partial charge in [-0.05, 0) is 29.8 Å². The molecule has 0 aliphatic heterocycles. The van der Waals surface area contributed by atoms with Crippen molar-refractivity contribution < 1.29 is 18.7 Å². The Hall–Kier alpha value is -3.41. The van der Waals surface area contributed by atoms with Crippen molar-refractivity contribution in [2.75, 3.05) is 5.32 Å². The van der Waals surface area contributed by atoms with Gasteiger partial charge in [0.1, 0.15) is 18.1 Å². The zero-order valence-corrected chi connectivity index (χ0v) is 13.2. The molecule has 1 aromatic heterocycles. The quantitative estimate of drug-likeness (QED) is 0.728. The minimum absolute atomic E-state index is 0.0140. The molecule has 0 atom stereocenters. The molecule has 1 heterocycles. The number of nitrogens with zero attached hydrogens (tertiary/aromatic N) is 1. The highest BCUT2D eigenvalue weighted by atomic mass is 19.1. The average molecular weight is 338 g/mol. The number of carbonyl (C=O) groups excluding carboxylic acids is 1. The maximum atomic E-state index is 14.1. The standard InChI is InChI=1S/C19H15FN2O3/c20-17-12-16(25-15-8-10-21-11-9-15)6-7-18(17)22-19(23)24-13-14-4-2-1-3-5-14/h1-12H,13H2,(H,22,23). The van der Waals surface area contributed by atoms with Crippen molar-refractivity contribution in [1.29, 1.82) is 0 Å². The lowest BCUT2D eigenvalue weighted by Gasteiger charge is -2.10. The summed E-state index contributed by atoms with van der Waals surface area (Å²) >= 11 is 0. The lowest BCUT2D eigenvalue weighted by Crippen LogP contribution is -2.14. The highest BCUT2D eigenvalue weighted by Gasteiger charge is 2.10. The number of halogens is 1. The molecule has 3 rings (SSSR count). The normalized spacial score (nSPS) is 10.1. The van der Waals surface area contributed by atoms with Crippen molar-refractivity contribution >= 4 is 11.8 Å². The van der Waals surface area contributed by atoms with Gasteiger partial charge < -0.3 is 9.47 Å². The number of carbonyl (C=O) groups is 1. The number of rotatable bonds is 5. The third-order valence-electron chi connectivity index (χ3n) is 3.28. The summed E-state index contributed by atoms with van der Waals surface area (Å²) in [5, 5.41) is 2.37. The van der Waals surface area contributed by atoms with Gasteiger partial charge in [-0.1, -0.05) is 30.3 Å². The fourth-order valence-electron chi connectivity index (χ4n) is 2.07. The Bertz CT molecular complexity index is 842. The second-order valence-electron chi connectivity index (χ2n) is 5.11. The van der Waals surface area contributed by atoms with Crippen LogP contribution in [0, 0.1) is 5.82 Å². The molecule has 0 fully saturated rings. The molecule has 0 bridgehead atoms. The number of pyridine rings is 1. The van der Waals surface area contributed by atoms with Crippen LogP contribution in [0.3, 0.4) is 0 Å². The van der Waals surface area contributed by atoms with Crippen molar-refractivity contribution in [1.82, 2.24) is 4.98 Å². The topological polar surface area (TPSA) is 60.5 Å². The third kappa shape index (κ3) is 4.78. The minimum atomic E-state index is -0.731. The number of anilines is 1. The molecular formula is C19H15FN2O3. The average Bonchev–Trinajstić information content (AvgIpc) is 2.64. The van der Waals surface area contributed by atoms with Gasteiger partial charge in [0.25, 0.3) is 0 Å². The van der Waals surface area contributed by atoms with Gasteiger partial charge in [0.05, 0.1) is 5.69 Å². The Balaban J connectivity index is 1.58. The van der Waals surface area contributed by atoms with Crippen molar-refractivity contribution in [3.05, 3.63) is 84.4 Å². The van der Waals surface area contributed by atoms with Crippen LogP contribution < -0.4 is 10.1 Å². The summed E-state index contributed by atoms with van der Waals surface area (Å²) < 4.78 is 24.7. The van der Waals surface area contributed by atoms with Crippen LogP contribution in [0.25, 0.3) is 0 Å². The maximum absolute atomic E-state index is 14.1. The van der Waals surface area contributed by atoms with E-state index in [1.807, 2.05) is 30.3 Å². The molecule has 25 heavy (non-hydrogen) atoms. The lowest BCUT2D eigenvalue weighted by molar-refractivity contribution is 0.155. The van der Waals surface area contributed by atoms with Crippen LogP contribution in [-0.4, -0.2) is 11.1 Å². The van der Waals surface area contributed by atoms with E-state index in [1.54, 1.807) is 30.6 Å². The number of hydrogen-bond acceptors (Lipinski definition) is 4. The van der Waals surface area contributed by atoms with E-state index >= 15 is 0 Å². The summed E-state index contributed by atoms with van der Waals surface area (Å²) in [5.41, 5.74) is 0.861. The zero-order chi connectivity index (χ0) is 17.5. The second kappa shape index (κ2) is 7.92. The van der Waals surface area contributed by atoms with Crippen molar-refractivity contribution in [3.8, 4) is 11.5 Å². The van der Waals surface area contributed by atoms with E-state index in [2.05, 4.69) is 10.3 Å². The maximum Gasteiger partial charge on any atom is 0.412 e. The van der Waals surface area contributed by atoms with Crippen LogP contribution in [0.4, 0.5) is 14.9 Å². The Morgan fingerprint density at radius 1 is 1.00 bits per heavy atom. The van der Waals surface area contributed by atoms with Gasteiger partial charge in [0, 0.05) is 18.5 Å². The molecule has 126 valence electrons. The molecule has 0 radical (unpaired) electrons. The number of aromatic nitrogens is 1. The van der Waals surface area contributed by atoms with Crippen molar-refractivity contribution in [2.24, 2.45) is 0 Å². The molecule has 0 aliphatic carbocycles. The zero-order valence-electron chi connectivity index (χ0n) is 13.2. The number of nitrogens with one attached hydrogen (secondary N) is 1. The van der Waals surface area contributed by atoms with Gasteiger partial charge in [-0.15, -0.1) is 0 Å². The van der Waals surface area contributed by atoms with Gasteiger partial charge in [0.2, 0.25) is 0 Å². The Labute approximate surface area is 144 Å². The fourth-order valence-corrected chi connectivity index (χ4v) is 2.07. The molecule has 2 aromatic carbocycles. The van der Waals surface area contributed by atoms with E-state index in [-0.39, 0.29) is 12.3 Å². The molecule has 0 spiro atoms. The predicted octanol–water partition coefficient (Wildman–Crippen LogP) is 4.76. The SMILES string of the molecule is O=C(Nc1ccc(Oc2ccncc2)cc1F)OCc1ccccc1. The van der Waals surface area contributed by atoms with Crippen LogP contribution in [0.1, 0.15) is 5.56 Å². The molecule has 1 amide bonds. The molecule has 1 N–H and O–H groups in total. The molecule has 0 saturated heterocycles. The molecular weight excluding hydrogens is 323 g/mol. The van der Waals surface area contributed by atoms with Gasteiger partial charge in [-0.25, -0.2) is 9.18 Å². The summed E-state index contributed by atoms with van der Waals surface area (Å²) in [4.78, 5) is 15.7. The van der Waals surface area contributed by atoms with E-state index in [0.29, 0.717) is 11.5 Å². The Kier molecular flexibility index (Phi) is 5.21. The van der Waals surface area contributed by atoms with Crippen LogP contribution in [0.5, 0.6) is 11.5 Å². The number of ether oxygens (including phenoxy) is 2. The van der Waals surface area contributed by atoms with Gasteiger partial charge >= 0.3 is 6.09 Å². The van der Waals surface area contributed by atoms with Crippen LogP contribution in [0.2, 0.25) is 0 Å². The first-order chi connectivity index (χ1) is 12.2. The first kappa shape index (κ1) is 16.4. The molecule has 0 unspecified atom stereocenters. The fraction of sp³-hybridized carbons (Fsp3) is 0.0526. The minimum Gasteiger partial charge on any atom is -0.457 e. The molecule has 6 heteroatoms. The summed E-state index contributed by atoms with van der Waals surface area (Å²) in [5.74, 6) is 0.229. The van der Waals surface area contributed by atoms with Crippen molar-refractivity contribution in [3.63, 3.8) is 0 Å². The van der Waals surface area contributed by atoms with E-state index in [9.17, 15) is 9.18 Å². The van der Waals surface area contributed by atoms with Gasteiger partial charge in [0.15, 0.2) is 5.82 Å². The first-order valence-corrected chi connectivity index (χ1v) is 7.56. The van der Waals surface area contributed by atoms with E-state index in [0.717, 1.165) is 5.56 Å². The van der Waals surface area contributed by atoms with Crippen LogP contribution >= 0.6 is 0 Å². The summed E-state index contributed by atoms with van der Waals surface area (Å²) in [7, 11) is 0. The second-order valence-corrected chi connectivity index (χ2v) is 5.11. The van der Waals surface area contributed by atoms with E-state index in [1.165, 1.54) is 12.1 Å². The molecule has 0 saturated carbocycles. The summed E-state index contributed by atoms with van der Waals surface area (Å²) in [6.07, 6.45) is 2.42. The van der Waals surface area contributed by atoms with Crippen LogP contribution in [-0.2, 0) is 11.3 Å². The van der Waals surface area contributed by atoms with Gasteiger partial charge in [-0.2, -0.15) is 0 Å². The lowest BCUT2D eigenvalue weighted by atomic mass is 10.2. The van der Waals surface area contributed by atoms with Crippen LogP contribution in [0.15, 0.2) is 73.1 Å². The largest absolute Gasteiger partial charge is 0.457 e. The molecule has 0 aliphatic rings. The monoisotopic (exact) mass is 338 g/mol. The highest BCUT2D eigenvalue weighted by molar-refractivity contribution is 5.84. The summed E-state index contributed by atoms with van der Waals surface area (Å²) in [6, 6.07) is 16.7. The highest BCUT2D eigenvalue weighted by Crippen LogP contribution is 2.25. The summed E-state index contributed by atoms with van der Waals surface area (Å²) in [6.45, 7) is 0.109. The molecule has 5 nitrogen and oxygen atoms in total.